The van der Waals surface area contributed by atoms with Crippen LogP contribution in [-0.4, -0.2) is 30.8 Å². The molecule has 2 aromatic carbocycles. The average Bonchev–Trinajstić information content (AvgIpc) is 3.16. The lowest BCUT2D eigenvalue weighted by Gasteiger charge is -2.29. The van der Waals surface area contributed by atoms with Crippen molar-refractivity contribution in [2.45, 2.75) is 32.3 Å². The van der Waals surface area contributed by atoms with E-state index in [-0.39, 0.29) is 11.9 Å². The van der Waals surface area contributed by atoms with Crippen molar-refractivity contribution in [1.82, 2.24) is 10.3 Å². The second kappa shape index (κ2) is 8.01. The van der Waals surface area contributed by atoms with Crippen molar-refractivity contribution in [2.75, 3.05) is 19.7 Å². The van der Waals surface area contributed by atoms with Gasteiger partial charge in [0.05, 0.1) is 5.52 Å². The first-order chi connectivity index (χ1) is 15.6. The molecule has 2 atom stereocenters. The highest BCUT2D eigenvalue weighted by Crippen LogP contribution is 2.39. The second-order valence-electron chi connectivity index (χ2n) is 8.87. The molecule has 0 fully saturated rings. The average molecular weight is 449 g/mol. The summed E-state index contributed by atoms with van der Waals surface area (Å²) in [6.07, 6.45) is 3.21. The summed E-state index contributed by atoms with van der Waals surface area (Å²) >= 11 is 1.82. The number of hydrogen-bond donors (Lipinski definition) is 1. The van der Waals surface area contributed by atoms with E-state index in [1.54, 1.807) is 12.1 Å². The lowest BCUT2D eigenvalue weighted by atomic mass is 9.87. The maximum atomic E-state index is 13.8. The van der Waals surface area contributed by atoms with Gasteiger partial charge in [0.1, 0.15) is 18.5 Å². The van der Waals surface area contributed by atoms with E-state index < -0.39 is 0 Å². The van der Waals surface area contributed by atoms with Crippen LogP contribution in [0, 0.1) is 18.7 Å². The highest BCUT2D eigenvalue weighted by Gasteiger charge is 2.25. The molecule has 0 amide bonds. The lowest BCUT2D eigenvalue weighted by molar-refractivity contribution is 0.0915. The van der Waals surface area contributed by atoms with E-state index in [4.69, 9.17) is 9.47 Å². The summed E-state index contributed by atoms with van der Waals surface area (Å²) in [6.45, 7) is 4.19. The highest BCUT2D eigenvalue weighted by molar-refractivity contribution is 7.19. The van der Waals surface area contributed by atoms with E-state index in [2.05, 4.69) is 16.4 Å². The molecule has 0 bridgehead atoms. The molecular formula is C26H25FN2O2S. The van der Waals surface area contributed by atoms with Crippen molar-refractivity contribution < 1.29 is 13.9 Å². The number of thiophene rings is 1. The van der Waals surface area contributed by atoms with Gasteiger partial charge in [0.15, 0.2) is 11.5 Å². The number of nitrogens with one attached hydrogen (secondary N) is 1. The van der Waals surface area contributed by atoms with Crippen molar-refractivity contribution in [2.24, 2.45) is 5.92 Å². The maximum absolute atomic E-state index is 13.8. The molecule has 6 rings (SSSR count). The number of ether oxygens (including phenoxy) is 2. The number of hydrogen-bond acceptors (Lipinski definition) is 5. The van der Waals surface area contributed by atoms with Crippen molar-refractivity contribution in [1.29, 1.82) is 0 Å². The molecule has 4 nitrogen and oxygen atoms in total. The quantitative estimate of drug-likeness (QED) is 0.452. The van der Waals surface area contributed by atoms with Crippen LogP contribution in [0.15, 0.2) is 42.5 Å². The van der Waals surface area contributed by atoms with Gasteiger partial charge in [-0.2, -0.15) is 0 Å². The molecule has 2 aliphatic rings. The summed E-state index contributed by atoms with van der Waals surface area (Å²) in [4.78, 5) is 6.03. The Morgan fingerprint density at radius 3 is 3.00 bits per heavy atom. The zero-order valence-electron chi connectivity index (χ0n) is 18.0. The number of pyridine rings is 1. The Morgan fingerprint density at radius 2 is 2.06 bits per heavy atom. The van der Waals surface area contributed by atoms with Crippen LogP contribution in [0.2, 0.25) is 0 Å². The van der Waals surface area contributed by atoms with Gasteiger partial charge in [0.25, 0.3) is 0 Å². The molecule has 0 saturated heterocycles. The molecule has 4 aromatic rings. The first-order valence-corrected chi connectivity index (χ1v) is 12.1. The van der Waals surface area contributed by atoms with Crippen LogP contribution in [0.25, 0.3) is 21.0 Å². The van der Waals surface area contributed by atoms with E-state index in [1.807, 2.05) is 42.5 Å². The highest BCUT2D eigenvalue weighted by atomic mass is 32.1. The normalized spacial score (nSPS) is 19.9. The smallest absolute Gasteiger partial charge is 0.171 e. The van der Waals surface area contributed by atoms with Gasteiger partial charge in [0, 0.05) is 27.2 Å². The van der Waals surface area contributed by atoms with Gasteiger partial charge in [-0.25, -0.2) is 4.39 Å². The standard InChI is InChI=1S/C26H25FN2O2S/c1-15-2-5-19-22(29-15)6-7-23-26(19)31-18(14-30-23)13-28-12-16-3-8-24-20(10-16)21-11-17(27)4-9-25(21)32-24/h2,4-7,9,11,16,18,28H,3,8,10,12-14H2,1H3/t16-,18-/m0/s1. The van der Waals surface area contributed by atoms with Crippen LogP contribution < -0.4 is 14.8 Å². The molecule has 32 heavy (non-hydrogen) atoms. The van der Waals surface area contributed by atoms with Gasteiger partial charge in [-0.15, -0.1) is 11.3 Å². The Kier molecular flexibility index (Phi) is 5.00. The molecule has 0 unspecified atom stereocenters. The molecule has 6 heteroatoms. The Bertz CT molecular complexity index is 1320. The number of halogens is 1. The molecule has 3 heterocycles. The third-order valence-corrected chi connectivity index (χ3v) is 7.82. The summed E-state index contributed by atoms with van der Waals surface area (Å²) in [6, 6.07) is 13.2. The number of nitrogens with zero attached hydrogens (tertiary/aromatic N) is 1. The third-order valence-electron chi connectivity index (χ3n) is 6.55. The van der Waals surface area contributed by atoms with E-state index in [9.17, 15) is 4.39 Å². The zero-order chi connectivity index (χ0) is 21.7. The predicted octanol–water partition coefficient (Wildman–Crippen LogP) is 5.43. The molecule has 2 aromatic heterocycles. The molecule has 0 radical (unpaired) electrons. The minimum Gasteiger partial charge on any atom is -0.486 e. The van der Waals surface area contributed by atoms with Crippen LogP contribution in [0.4, 0.5) is 4.39 Å². The number of benzene rings is 2. The van der Waals surface area contributed by atoms with E-state index >= 15 is 0 Å². The topological polar surface area (TPSA) is 43.4 Å². The van der Waals surface area contributed by atoms with Gasteiger partial charge in [-0.05, 0) is 92.1 Å². The fourth-order valence-corrected chi connectivity index (χ4v) is 6.15. The monoisotopic (exact) mass is 448 g/mol. The fraction of sp³-hybridized carbons (Fsp3) is 0.346. The molecule has 1 aliphatic carbocycles. The van der Waals surface area contributed by atoms with Gasteiger partial charge in [-0.1, -0.05) is 0 Å². The summed E-state index contributed by atoms with van der Waals surface area (Å²) < 4.78 is 27.3. The second-order valence-corrected chi connectivity index (χ2v) is 10.0. The SMILES string of the molecule is Cc1ccc2c3c(ccc2n1)OC[C@H](CNC[C@H]1CCc2sc4ccc(F)cc4c2C1)O3. The maximum Gasteiger partial charge on any atom is 0.171 e. The minimum atomic E-state index is -0.147. The lowest BCUT2D eigenvalue weighted by Crippen LogP contribution is -2.40. The first kappa shape index (κ1) is 19.9. The largest absolute Gasteiger partial charge is 0.486 e. The van der Waals surface area contributed by atoms with Crippen molar-refractivity contribution in [3.8, 4) is 11.5 Å². The predicted molar refractivity (Wildman–Crippen MR) is 127 cm³/mol. The van der Waals surface area contributed by atoms with Crippen LogP contribution >= 0.6 is 11.3 Å². The molecule has 0 spiro atoms. The molecule has 1 N–H and O–H groups in total. The first-order valence-electron chi connectivity index (χ1n) is 11.2. The number of fused-ring (bicyclic) bond motifs is 6. The van der Waals surface area contributed by atoms with Crippen LogP contribution in [0.3, 0.4) is 0 Å². The van der Waals surface area contributed by atoms with Crippen molar-refractivity contribution in [3.63, 3.8) is 0 Å². The van der Waals surface area contributed by atoms with Gasteiger partial charge in [0.2, 0.25) is 0 Å². The summed E-state index contributed by atoms with van der Waals surface area (Å²) in [5.41, 5.74) is 3.27. The number of rotatable bonds is 4. The Morgan fingerprint density at radius 1 is 1.12 bits per heavy atom. The van der Waals surface area contributed by atoms with Crippen LogP contribution in [0.1, 0.15) is 22.6 Å². The van der Waals surface area contributed by atoms with Crippen molar-refractivity contribution in [3.05, 3.63) is 64.4 Å². The molecular weight excluding hydrogens is 423 g/mol. The van der Waals surface area contributed by atoms with Crippen molar-refractivity contribution >= 4 is 32.3 Å². The molecule has 164 valence electrons. The van der Waals surface area contributed by atoms with E-state index in [0.29, 0.717) is 12.5 Å². The Hall–Kier alpha value is -2.70. The Labute approximate surface area is 190 Å². The zero-order valence-corrected chi connectivity index (χ0v) is 18.8. The van der Waals surface area contributed by atoms with Gasteiger partial charge < -0.3 is 14.8 Å². The van der Waals surface area contributed by atoms with Crippen LogP contribution in [0.5, 0.6) is 11.5 Å². The van der Waals surface area contributed by atoms with E-state index in [1.165, 1.54) is 15.1 Å². The third kappa shape index (κ3) is 3.61. The van der Waals surface area contributed by atoms with E-state index in [0.717, 1.165) is 65.8 Å². The van der Waals surface area contributed by atoms with Gasteiger partial charge in [-0.3, -0.25) is 4.98 Å². The minimum absolute atomic E-state index is 0.0374. The van der Waals surface area contributed by atoms with Crippen LogP contribution in [-0.2, 0) is 12.8 Å². The summed E-state index contributed by atoms with van der Waals surface area (Å²) in [5.74, 6) is 1.98. The van der Waals surface area contributed by atoms with Gasteiger partial charge >= 0.3 is 0 Å². The number of aromatic nitrogens is 1. The fourth-order valence-electron chi connectivity index (χ4n) is 4.92. The molecule has 1 aliphatic heterocycles. The summed E-state index contributed by atoms with van der Waals surface area (Å²) in [5, 5.41) is 5.70. The number of aryl methyl sites for hydroxylation is 2. The molecule has 0 saturated carbocycles. The Balaban J connectivity index is 1.10. The summed E-state index contributed by atoms with van der Waals surface area (Å²) in [7, 11) is 0.